The van der Waals surface area contributed by atoms with Gasteiger partial charge < -0.3 is 14.5 Å². The van der Waals surface area contributed by atoms with Crippen LogP contribution in [0, 0.1) is 0 Å². The summed E-state index contributed by atoms with van der Waals surface area (Å²) in [4.78, 5) is 22.6. The van der Waals surface area contributed by atoms with Crippen LogP contribution in [-0.4, -0.2) is 25.0 Å². The van der Waals surface area contributed by atoms with E-state index in [0.29, 0.717) is 10.2 Å². The van der Waals surface area contributed by atoms with E-state index in [9.17, 15) is 9.59 Å². The maximum Gasteiger partial charge on any atom is 0.328 e. The zero-order valence-corrected chi connectivity index (χ0v) is 9.83. The van der Waals surface area contributed by atoms with Crippen molar-refractivity contribution in [3.63, 3.8) is 0 Å². The molecule has 0 unspecified atom stereocenters. The molecule has 0 aliphatic carbocycles. The maximum absolute atomic E-state index is 11.5. The van der Waals surface area contributed by atoms with Gasteiger partial charge in [-0.3, -0.25) is 4.79 Å². The van der Waals surface area contributed by atoms with Crippen molar-refractivity contribution in [3.8, 4) is 0 Å². The Morgan fingerprint density at radius 2 is 2.27 bits per heavy atom. The zero-order chi connectivity index (χ0) is 11.4. The summed E-state index contributed by atoms with van der Waals surface area (Å²) in [5, 5.41) is 2.47. The summed E-state index contributed by atoms with van der Waals surface area (Å²) >= 11 is 3.07. The first-order valence-corrected chi connectivity index (χ1v) is 4.97. The summed E-state index contributed by atoms with van der Waals surface area (Å²) in [6.07, 6.45) is 1.38. The van der Waals surface area contributed by atoms with E-state index in [1.807, 2.05) is 0 Å². The van der Waals surface area contributed by atoms with E-state index in [1.165, 1.54) is 26.4 Å². The first-order valence-electron chi connectivity index (χ1n) is 4.18. The Morgan fingerprint density at radius 3 is 2.73 bits per heavy atom. The predicted molar refractivity (Wildman–Crippen MR) is 55.4 cm³/mol. The summed E-state index contributed by atoms with van der Waals surface area (Å²) in [7, 11) is 1.26. The van der Waals surface area contributed by atoms with E-state index in [1.54, 1.807) is 0 Å². The Bertz CT molecular complexity index is 374. The lowest BCUT2D eigenvalue weighted by Crippen LogP contribution is -2.39. The fraction of sp³-hybridized carbons (Fsp3) is 0.333. The van der Waals surface area contributed by atoms with Crippen molar-refractivity contribution in [2.24, 2.45) is 0 Å². The van der Waals surface area contributed by atoms with Gasteiger partial charge in [0.25, 0.3) is 5.91 Å². The van der Waals surface area contributed by atoms with Gasteiger partial charge in [-0.1, -0.05) is 0 Å². The smallest absolute Gasteiger partial charge is 0.328 e. The molecule has 0 bridgehead atoms. The number of carbonyl (C=O) groups excluding carboxylic acids is 2. The van der Waals surface area contributed by atoms with Crippen LogP contribution >= 0.6 is 15.9 Å². The molecule has 1 atom stereocenters. The van der Waals surface area contributed by atoms with Crippen LogP contribution in [-0.2, 0) is 9.53 Å². The van der Waals surface area contributed by atoms with Gasteiger partial charge in [0, 0.05) is 0 Å². The summed E-state index contributed by atoms with van der Waals surface area (Å²) < 4.78 is 9.70. The molecule has 0 radical (unpaired) electrons. The quantitative estimate of drug-likeness (QED) is 0.846. The first-order chi connectivity index (χ1) is 7.06. The lowest BCUT2D eigenvalue weighted by molar-refractivity contribution is -0.142. The van der Waals surface area contributed by atoms with Crippen LogP contribution in [0.5, 0.6) is 0 Å². The normalized spacial score (nSPS) is 11.9. The Labute approximate surface area is 94.9 Å². The van der Waals surface area contributed by atoms with Crippen molar-refractivity contribution in [1.82, 2.24) is 5.32 Å². The third kappa shape index (κ3) is 2.82. The molecule has 1 heterocycles. The summed E-state index contributed by atoms with van der Waals surface area (Å²) in [5.74, 6) is -0.892. The Morgan fingerprint density at radius 1 is 1.60 bits per heavy atom. The first kappa shape index (κ1) is 11.8. The van der Waals surface area contributed by atoms with E-state index in [-0.39, 0.29) is 0 Å². The second kappa shape index (κ2) is 4.97. The highest BCUT2D eigenvalue weighted by Gasteiger charge is 2.19. The van der Waals surface area contributed by atoms with Crippen LogP contribution < -0.4 is 5.32 Å². The number of methoxy groups -OCH3 is 1. The minimum absolute atomic E-state index is 0.331. The molecule has 0 aliphatic heterocycles. The molecular weight excluding hydrogens is 266 g/mol. The highest BCUT2D eigenvalue weighted by Crippen LogP contribution is 2.17. The monoisotopic (exact) mass is 275 g/mol. The number of hydrogen-bond donors (Lipinski definition) is 1. The van der Waals surface area contributed by atoms with Crippen LogP contribution in [0.3, 0.4) is 0 Å². The van der Waals surface area contributed by atoms with Crippen molar-refractivity contribution in [2.45, 2.75) is 13.0 Å². The van der Waals surface area contributed by atoms with Gasteiger partial charge in [0.05, 0.1) is 18.9 Å². The molecule has 1 aromatic rings. The molecule has 0 saturated heterocycles. The molecule has 6 heteroatoms. The average molecular weight is 276 g/mol. The van der Waals surface area contributed by atoms with Crippen molar-refractivity contribution in [1.29, 1.82) is 0 Å². The number of amides is 1. The highest BCUT2D eigenvalue weighted by atomic mass is 79.9. The van der Waals surface area contributed by atoms with Crippen LogP contribution in [0.1, 0.15) is 17.3 Å². The largest absolute Gasteiger partial charge is 0.467 e. The molecule has 1 aromatic heterocycles. The van der Waals surface area contributed by atoms with Crippen molar-refractivity contribution in [2.75, 3.05) is 7.11 Å². The van der Waals surface area contributed by atoms with Crippen molar-refractivity contribution in [3.05, 3.63) is 22.6 Å². The molecular formula is C9H10BrNO4. The van der Waals surface area contributed by atoms with E-state index < -0.39 is 17.9 Å². The number of carbonyl (C=O) groups is 2. The van der Waals surface area contributed by atoms with E-state index in [4.69, 9.17) is 4.42 Å². The number of hydrogen-bond acceptors (Lipinski definition) is 4. The van der Waals surface area contributed by atoms with Gasteiger partial charge in [-0.25, -0.2) is 4.79 Å². The fourth-order valence-corrected chi connectivity index (χ4v) is 1.39. The molecule has 0 aromatic carbocycles. The minimum Gasteiger partial charge on any atom is -0.467 e. The number of rotatable bonds is 3. The molecule has 1 N–H and O–H groups in total. The lowest BCUT2D eigenvalue weighted by atomic mass is 10.3. The van der Waals surface area contributed by atoms with Gasteiger partial charge in [-0.2, -0.15) is 0 Å². The number of esters is 1. The van der Waals surface area contributed by atoms with Crippen LogP contribution in [0.4, 0.5) is 0 Å². The topological polar surface area (TPSA) is 68.5 Å². The van der Waals surface area contributed by atoms with Crippen molar-refractivity contribution >= 4 is 27.8 Å². The lowest BCUT2D eigenvalue weighted by Gasteiger charge is -2.10. The molecule has 0 spiro atoms. The number of halogens is 1. The molecule has 0 aliphatic rings. The standard InChI is InChI=1S/C9H10BrNO4/c1-5(9(13)14-2)11-8(12)6-3-4-15-7(6)10/h3-5H,1-2H3,(H,11,12)/t5-/m0/s1. The summed E-state index contributed by atoms with van der Waals surface area (Å²) in [6, 6.07) is 0.813. The minimum atomic E-state index is -0.690. The second-order valence-electron chi connectivity index (χ2n) is 2.83. The zero-order valence-electron chi connectivity index (χ0n) is 8.24. The summed E-state index contributed by atoms with van der Waals surface area (Å²) in [6.45, 7) is 1.54. The Kier molecular flexibility index (Phi) is 3.90. The highest BCUT2D eigenvalue weighted by molar-refractivity contribution is 9.10. The molecule has 0 saturated carbocycles. The third-order valence-electron chi connectivity index (χ3n) is 1.76. The molecule has 1 amide bonds. The van der Waals surface area contributed by atoms with E-state index >= 15 is 0 Å². The molecule has 5 nitrogen and oxygen atoms in total. The van der Waals surface area contributed by atoms with Gasteiger partial charge in [0.1, 0.15) is 6.04 Å². The number of furan rings is 1. The SMILES string of the molecule is COC(=O)[C@H](C)NC(=O)c1ccoc1Br. The Balaban J connectivity index is 2.64. The van der Waals surface area contributed by atoms with Crippen LogP contribution in [0.15, 0.2) is 21.4 Å². The Hall–Kier alpha value is -1.30. The average Bonchev–Trinajstić information content (AvgIpc) is 2.63. The predicted octanol–water partition coefficient (Wildman–Crippen LogP) is 1.33. The van der Waals surface area contributed by atoms with Crippen LogP contribution in [0.25, 0.3) is 0 Å². The summed E-state index contributed by atoms with van der Waals surface area (Å²) in [5.41, 5.74) is 0.339. The van der Waals surface area contributed by atoms with Crippen LogP contribution in [0.2, 0.25) is 0 Å². The van der Waals surface area contributed by atoms with E-state index in [0.717, 1.165) is 0 Å². The number of ether oxygens (including phenoxy) is 1. The van der Waals surface area contributed by atoms with E-state index in [2.05, 4.69) is 26.0 Å². The van der Waals surface area contributed by atoms with Gasteiger partial charge in [-0.15, -0.1) is 0 Å². The molecule has 1 rings (SSSR count). The fourth-order valence-electron chi connectivity index (χ4n) is 0.966. The second-order valence-corrected chi connectivity index (χ2v) is 3.55. The molecule has 15 heavy (non-hydrogen) atoms. The van der Waals surface area contributed by atoms with Gasteiger partial charge >= 0.3 is 5.97 Å². The van der Waals surface area contributed by atoms with Gasteiger partial charge in [0.2, 0.25) is 0 Å². The maximum atomic E-state index is 11.5. The van der Waals surface area contributed by atoms with Crippen molar-refractivity contribution < 1.29 is 18.7 Å². The van der Waals surface area contributed by atoms with Gasteiger partial charge in [0.15, 0.2) is 4.67 Å². The number of nitrogens with one attached hydrogen (secondary N) is 1. The molecule has 0 fully saturated rings. The third-order valence-corrected chi connectivity index (χ3v) is 2.38. The van der Waals surface area contributed by atoms with Gasteiger partial charge in [-0.05, 0) is 28.9 Å². The molecule has 82 valence electrons.